The third-order valence-electron chi connectivity index (χ3n) is 4.27. The van der Waals surface area contributed by atoms with Crippen molar-refractivity contribution in [3.63, 3.8) is 0 Å². The van der Waals surface area contributed by atoms with Crippen LogP contribution in [0.3, 0.4) is 0 Å². The molecule has 142 valence electrons. The number of thiophene rings is 1. The van der Waals surface area contributed by atoms with E-state index in [-0.39, 0.29) is 5.88 Å². The molecule has 2 amide bonds. The first-order chi connectivity index (χ1) is 14.1. The molecule has 1 aliphatic heterocycles. The first-order valence-electron chi connectivity index (χ1n) is 8.44. The van der Waals surface area contributed by atoms with E-state index in [4.69, 9.17) is 4.74 Å². The molecule has 4 aromatic rings. The van der Waals surface area contributed by atoms with E-state index >= 15 is 0 Å². The average Bonchev–Trinajstić information content (AvgIpc) is 3.05. The van der Waals surface area contributed by atoms with Gasteiger partial charge in [-0.05, 0) is 18.2 Å². The number of ether oxygens (including phenoxy) is 1. The summed E-state index contributed by atoms with van der Waals surface area (Å²) >= 11 is 0. The lowest BCUT2D eigenvalue weighted by atomic mass is 10.2. The quantitative estimate of drug-likeness (QED) is 0.498. The lowest BCUT2D eigenvalue weighted by Crippen LogP contribution is -2.23. The number of rotatable bonds is 4. The summed E-state index contributed by atoms with van der Waals surface area (Å²) in [6, 6.07) is 10.2. The monoisotopic (exact) mass is 405 g/mol. The number of para-hydroxylation sites is 1. The Hall–Kier alpha value is -4.05. The van der Waals surface area contributed by atoms with Crippen molar-refractivity contribution in [1.29, 1.82) is 0 Å². The summed E-state index contributed by atoms with van der Waals surface area (Å²) in [5.41, 5.74) is 1.13. The molecule has 3 aromatic heterocycles. The first-order valence-corrected chi connectivity index (χ1v) is 9.66. The number of anilines is 2. The molecule has 0 bridgehead atoms. The maximum atomic E-state index is 12.0. The van der Waals surface area contributed by atoms with Crippen molar-refractivity contribution in [2.24, 2.45) is 0 Å². The Morgan fingerprint density at radius 3 is 2.59 bits per heavy atom. The Labute approximate surface area is 166 Å². The van der Waals surface area contributed by atoms with Crippen LogP contribution in [0.5, 0.6) is 11.6 Å². The van der Waals surface area contributed by atoms with Crippen molar-refractivity contribution in [1.82, 2.24) is 15.0 Å². The van der Waals surface area contributed by atoms with Crippen LogP contribution < -0.4 is 20.5 Å². The van der Waals surface area contributed by atoms with Crippen LogP contribution in [0, 0.1) is 0 Å². The molecule has 1 aliphatic rings. The zero-order valence-electron chi connectivity index (χ0n) is 14.6. The minimum absolute atomic E-state index is 0.252. The van der Waals surface area contributed by atoms with Gasteiger partial charge in [0.2, 0.25) is 10.8 Å². The number of benzene rings is 1. The van der Waals surface area contributed by atoms with Gasteiger partial charge in [0.25, 0.3) is 4.83 Å². The Balaban J connectivity index is 1.64. The minimum Gasteiger partial charge on any atom is -0.500 e. The third-order valence-corrected chi connectivity index (χ3v) is 6.12. The van der Waals surface area contributed by atoms with Crippen molar-refractivity contribution < 1.29 is 19.4 Å². The van der Waals surface area contributed by atoms with Crippen LogP contribution in [-0.4, -0.2) is 26.3 Å². The largest absolute Gasteiger partial charge is 0.500 e. The van der Waals surface area contributed by atoms with Crippen molar-refractivity contribution >= 4 is 43.4 Å². The summed E-state index contributed by atoms with van der Waals surface area (Å²) in [5, 5.41) is 16.5. The molecular weight excluding hydrogens is 394 g/mol. The molecule has 0 spiro atoms. The fourth-order valence-electron chi connectivity index (χ4n) is 3.13. The first kappa shape index (κ1) is 17.1. The van der Waals surface area contributed by atoms with Crippen molar-refractivity contribution in [2.45, 2.75) is 0 Å². The fraction of sp³-hybridized carbons (Fsp3) is 0. The highest BCUT2D eigenvalue weighted by Gasteiger charge is 2.37. The molecule has 1 atom stereocenters. The zero-order chi connectivity index (χ0) is 20.0. The zero-order valence-corrected chi connectivity index (χ0v) is 15.4. The lowest BCUT2D eigenvalue weighted by Gasteiger charge is -2.13. The highest BCUT2D eigenvalue weighted by Crippen LogP contribution is 2.51. The Bertz CT molecular complexity index is 1270. The molecule has 0 fully saturated rings. The van der Waals surface area contributed by atoms with Crippen LogP contribution in [0.2, 0.25) is 0 Å². The summed E-state index contributed by atoms with van der Waals surface area (Å²) in [4.78, 5) is 37.4. The molecule has 5 rings (SSSR count). The van der Waals surface area contributed by atoms with Crippen LogP contribution in [-0.2, 0) is 0 Å². The molecule has 10 heteroatoms. The normalized spacial score (nSPS) is 13.0. The van der Waals surface area contributed by atoms with Crippen molar-refractivity contribution in [3.8, 4) is 22.2 Å². The smallest absolute Gasteiger partial charge is 0.323 e. The number of pyridine rings is 1. The fourth-order valence-corrected chi connectivity index (χ4v) is 4.90. The van der Waals surface area contributed by atoms with E-state index in [9.17, 15) is 14.7 Å². The summed E-state index contributed by atoms with van der Waals surface area (Å²) in [5.74, 6) is 0.848. The van der Waals surface area contributed by atoms with Gasteiger partial charge >= 0.3 is 11.3 Å². The van der Waals surface area contributed by atoms with E-state index in [1.165, 1.54) is 18.6 Å². The molecule has 9 nitrogen and oxygen atoms in total. The predicted octanol–water partition coefficient (Wildman–Crippen LogP) is 3.38. The molecule has 0 saturated carbocycles. The topological polar surface area (TPSA) is 129 Å². The number of hydrogen-bond acceptors (Lipinski definition) is 7. The lowest BCUT2D eigenvalue weighted by molar-refractivity contribution is -0.233. The summed E-state index contributed by atoms with van der Waals surface area (Å²) in [7, 11) is -1.53. The van der Waals surface area contributed by atoms with E-state index in [0.29, 0.717) is 37.9 Å². The number of nitrogens with zero attached hydrogens (tertiary/aromatic N) is 3. The Kier molecular flexibility index (Phi) is 3.85. The second-order valence-electron chi connectivity index (χ2n) is 6.03. The Morgan fingerprint density at radius 2 is 1.86 bits per heavy atom. The number of hydrogen-bond donors (Lipinski definition) is 2. The van der Waals surface area contributed by atoms with Crippen LogP contribution in [0.1, 0.15) is 0 Å². The summed E-state index contributed by atoms with van der Waals surface area (Å²) in [6.07, 6.45) is 4.25. The van der Waals surface area contributed by atoms with Crippen LogP contribution in [0.25, 0.3) is 20.8 Å². The van der Waals surface area contributed by atoms with Crippen LogP contribution in [0.4, 0.5) is 21.0 Å². The SMILES string of the molecule is O=C1Nc2ccnc3c2c(c(-c2cnc(Oc4ccccc4)cn2)[s+]3C(=O)[O-])N1. The molecule has 1 aromatic carbocycles. The standard InChI is InChI=1S/C19H11N5O4S/c25-18-23-11-6-7-20-17-14(11)15(24-18)16(29(17)19(26)27)12-8-22-13(9-21-12)28-10-4-2-1-3-5-10/h1-9H,(H2-,20,21,23,24,25,26,27). The summed E-state index contributed by atoms with van der Waals surface area (Å²) in [6.45, 7) is 0. The Morgan fingerprint density at radius 1 is 1.03 bits per heavy atom. The number of urea groups is 1. The van der Waals surface area contributed by atoms with E-state index < -0.39 is 21.8 Å². The molecule has 1 unspecified atom stereocenters. The number of carbonyl (C=O) groups is 2. The van der Waals surface area contributed by atoms with Crippen LogP contribution >= 0.6 is 10.5 Å². The summed E-state index contributed by atoms with van der Waals surface area (Å²) < 4.78 is 5.62. The second kappa shape index (κ2) is 6.53. The van der Waals surface area contributed by atoms with Gasteiger partial charge in [-0.3, -0.25) is 0 Å². The number of carbonyl (C=O) groups excluding carboxylic acids is 2. The van der Waals surface area contributed by atoms with Crippen molar-refractivity contribution in [2.75, 3.05) is 10.6 Å². The van der Waals surface area contributed by atoms with Gasteiger partial charge in [-0.15, -0.1) is 0 Å². The average molecular weight is 405 g/mol. The van der Waals surface area contributed by atoms with E-state index in [2.05, 4.69) is 25.6 Å². The molecule has 4 heterocycles. The molecule has 0 aliphatic carbocycles. The number of amides is 2. The van der Waals surface area contributed by atoms with E-state index in [0.717, 1.165) is 0 Å². The van der Waals surface area contributed by atoms with Gasteiger partial charge < -0.3 is 25.3 Å². The van der Waals surface area contributed by atoms with Gasteiger partial charge in [-0.25, -0.2) is 19.7 Å². The third kappa shape index (κ3) is 2.82. The van der Waals surface area contributed by atoms with Gasteiger partial charge in [-0.1, -0.05) is 18.2 Å². The molecule has 0 radical (unpaired) electrons. The molecule has 0 saturated heterocycles. The maximum absolute atomic E-state index is 12.0. The van der Waals surface area contributed by atoms with E-state index in [1.54, 1.807) is 18.2 Å². The van der Waals surface area contributed by atoms with Gasteiger partial charge in [0, 0.05) is 6.20 Å². The number of nitrogens with one attached hydrogen (secondary N) is 2. The van der Waals surface area contributed by atoms with Crippen LogP contribution in [0.15, 0.2) is 55.0 Å². The van der Waals surface area contributed by atoms with E-state index in [1.807, 2.05) is 18.2 Å². The minimum atomic E-state index is -1.53. The molecule has 29 heavy (non-hydrogen) atoms. The van der Waals surface area contributed by atoms with Gasteiger partial charge in [0.05, 0.1) is 28.6 Å². The number of carboxylic acid groups (broad SMARTS) is 1. The molecule has 2 N–H and O–H groups in total. The highest BCUT2D eigenvalue weighted by atomic mass is 32.2. The highest BCUT2D eigenvalue weighted by molar-refractivity contribution is 7.57. The maximum Gasteiger partial charge on any atom is 0.323 e. The van der Waals surface area contributed by atoms with Crippen molar-refractivity contribution in [3.05, 3.63) is 55.0 Å². The van der Waals surface area contributed by atoms with Gasteiger partial charge in [0.15, 0.2) is 0 Å². The van der Waals surface area contributed by atoms with Gasteiger partial charge in [0.1, 0.15) is 22.5 Å². The van der Waals surface area contributed by atoms with Gasteiger partial charge in [-0.2, -0.15) is 0 Å². The predicted molar refractivity (Wildman–Crippen MR) is 105 cm³/mol. The number of aromatic nitrogens is 3. The molecular formula is C19H11N5O4S. The second-order valence-corrected chi connectivity index (χ2v) is 7.77.